The Morgan fingerprint density at radius 2 is 1.42 bits per heavy atom. The zero-order chi connectivity index (χ0) is 26.1. The summed E-state index contributed by atoms with van der Waals surface area (Å²) in [5, 5.41) is 9.43. The van der Waals surface area contributed by atoms with Crippen LogP contribution in [-0.2, 0) is 20.8 Å². The van der Waals surface area contributed by atoms with Crippen molar-refractivity contribution >= 4 is 17.5 Å². The lowest BCUT2D eigenvalue weighted by Crippen LogP contribution is -2.44. The van der Waals surface area contributed by atoms with E-state index in [-0.39, 0.29) is 30.6 Å². The largest absolute Gasteiger partial charge is 0.392 e. The number of aliphatic hydroxyl groups excluding tert-OH is 1. The molecule has 0 bridgehead atoms. The highest BCUT2D eigenvalue weighted by Crippen LogP contribution is 2.39. The van der Waals surface area contributed by atoms with Crippen molar-refractivity contribution in [2.75, 3.05) is 37.7 Å². The number of hydrogen-bond acceptors (Lipinski definition) is 7. The van der Waals surface area contributed by atoms with Crippen molar-refractivity contribution < 1.29 is 28.9 Å². The fourth-order valence-electron chi connectivity index (χ4n) is 5.31. The summed E-state index contributed by atoms with van der Waals surface area (Å²) in [7, 11) is 0. The topological polar surface area (TPSA) is 88.5 Å². The number of imide groups is 1. The Morgan fingerprint density at radius 1 is 0.789 bits per heavy atom. The number of rotatable bonds is 6. The summed E-state index contributed by atoms with van der Waals surface area (Å²) in [5.41, 5.74) is 4.05. The van der Waals surface area contributed by atoms with E-state index >= 15 is 0 Å². The average Bonchev–Trinajstić information content (AvgIpc) is 3.23. The van der Waals surface area contributed by atoms with E-state index in [1.165, 1.54) is 4.90 Å². The van der Waals surface area contributed by atoms with Crippen molar-refractivity contribution in [1.82, 2.24) is 4.90 Å². The molecule has 3 aromatic carbocycles. The molecule has 38 heavy (non-hydrogen) atoms. The highest BCUT2D eigenvalue weighted by molar-refractivity contribution is 6.34. The number of aliphatic hydroxyl groups is 1. The second kappa shape index (κ2) is 10.8. The van der Waals surface area contributed by atoms with Gasteiger partial charge >= 0.3 is 0 Å². The van der Waals surface area contributed by atoms with Gasteiger partial charge in [-0.25, -0.2) is 4.90 Å². The third-order valence-corrected chi connectivity index (χ3v) is 7.40. The number of ether oxygens (including phenoxy) is 3. The Hall–Kier alpha value is -3.40. The lowest BCUT2D eigenvalue weighted by molar-refractivity contribution is -0.253. The van der Waals surface area contributed by atoms with Gasteiger partial charge in [-0.05, 0) is 35.4 Å². The van der Waals surface area contributed by atoms with Crippen LogP contribution in [-0.4, -0.2) is 60.8 Å². The minimum Gasteiger partial charge on any atom is -0.392 e. The average molecular weight is 515 g/mol. The smallest absolute Gasteiger partial charge is 0.266 e. The number of hydrogen-bond donors (Lipinski definition) is 1. The maximum absolute atomic E-state index is 12.9. The Bertz CT molecular complexity index is 1270. The Labute approximate surface area is 221 Å². The summed E-state index contributed by atoms with van der Waals surface area (Å²) < 4.78 is 18.4. The molecule has 196 valence electrons. The van der Waals surface area contributed by atoms with E-state index in [0.717, 1.165) is 49.5 Å². The maximum atomic E-state index is 12.9. The van der Waals surface area contributed by atoms with E-state index in [0.29, 0.717) is 23.2 Å². The van der Waals surface area contributed by atoms with E-state index in [1.807, 2.05) is 36.4 Å². The Kier molecular flexibility index (Phi) is 7.06. The summed E-state index contributed by atoms with van der Waals surface area (Å²) in [5.74, 6) is -0.638. The number of nitrogens with zero attached hydrogens (tertiary/aromatic N) is 2. The number of morpholine rings is 1. The number of amides is 2. The minimum absolute atomic E-state index is 0.00332. The summed E-state index contributed by atoms with van der Waals surface area (Å²) in [6.45, 7) is 3.96. The van der Waals surface area contributed by atoms with Crippen LogP contribution in [0.25, 0.3) is 0 Å². The van der Waals surface area contributed by atoms with E-state index < -0.39 is 6.29 Å². The van der Waals surface area contributed by atoms with Crippen molar-refractivity contribution in [1.29, 1.82) is 0 Å². The molecule has 2 amide bonds. The fraction of sp³-hybridized carbons (Fsp3) is 0.333. The molecule has 1 N–H and O–H groups in total. The summed E-state index contributed by atoms with van der Waals surface area (Å²) in [6, 6.07) is 21.9. The molecular weight excluding hydrogens is 484 g/mol. The molecule has 0 unspecified atom stereocenters. The molecule has 2 saturated heterocycles. The van der Waals surface area contributed by atoms with Crippen molar-refractivity contribution in [2.45, 2.75) is 31.5 Å². The molecule has 0 saturated carbocycles. The Balaban J connectivity index is 1.23. The third kappa shape index (κ3) is 4.89. The van der Waals surface area contributed by atoms with Crippen LogP contribution < -0.4 is 4.90 Å². The normalized spacial score (nSPS) is 24.0. The van der Waals surface area contributed by atoms with Crippen LogP contribution >= 0.6 is 0 Å². The number of fused-ring (bicyclic) bond motifs is 1. The van der Waals surface area contributed by atoms with Crippen LogP contribution in [0.1, 0.15) is 56.2 Å². The molecule has 8 heteroatoms. The molecule has 3 aliphatic heterocycles. The van der Waals surface area contributed by atoms with Crippen LogP contribution in [0.3, 0.4) is 0 Å². The zero-order valence-electron chi connectivity index (χ0n) is 21.0. The van der Waals surface area contributed by atoms with E-state index in [1.54, 1.807) is 36.4 Å². The van der Waals surface area contributed by atoms with Crippen molar-refractivity contribution in [3.63, 3.8) is 0 Å². The summed E-state index contributed by atoms with van der Waals surface area (Å²) >= 11 is 0. The molecule has 8 nitrogen and oxygen atoms in total. The van der Waals surface area contributed by atoms with Gasteiger partial charge in [-0.15, -0.1) is 0 Å². The van der Waals surface area contributed by atoms with Gasteiger partial charge in [0, 0.05) is 31.6 Å². The first kappa shape index (κ1) is 24.9. The maximum Gasteiger partial charge on any atom is 0.266 e. The fourth-order valence-corrected chi connectivity index (χ4v) is 5.31. The lowest BCUT2D eigenvalue weighted by Gasteiger charge is -2.39. The molecule has 0 aromatic heterocycles. The van der Waals surface area contributed by atoms with Crippen LogP contribution in [0.4, 0.5) is 5.69 Å². The molecule has 2 fully saturated rings. The van der Waals surface area contributed by atoms with Gasteiger partial charge in [-0.3, -0.25) is 14.5 Å². The van der Waals surface area contributed by atoms with Crippen molar-refractivity contribution in [3.05, 3.63) is 101 Å². The van der Waals surface area contributed by atoms with Crippen LogP contribution in [0.2, 0.25) is 0 Å². The Morgan fingerprint density at radius 3 is 2.05 bits per heavy atom. The zero-order valence-corrected chi connectivity index (χ0v) is 21.0. The quantitative estimate of drug-likeness (QED) is 0.500. The molecule has 3 aliphatic rings. The first-order chi connectivity index (χ1) is 18.6. The van der Waals surface area contributed by atoms with E-state index in [2.05, 4.69) is 4.90 Å². The number of carbonyl (C=O) groups is 2. The van der Waals surface area contributed by atoms with Crippen LogP contribution in [0.15, 0.2) is 72.8 Å². The highest BCUT2D eigenvalue weighted by Gasteiger charge is 2.37. The molecular formula is C30H30N2O6. The van der Waals surface area contributed by atoms with Crippen molar-refractivity contribution in [3.8, 4) is 0 Å². The minimum atomic E-state index is -0.603. The second-order valence-electron chi connectivity index (χ2n) is 9.85. The molecule has 0 spiro atoms. The van der Waals surface area contributed by atoms with E-state index in [9.17, 15) is 14.7 Å². The van der Waals surface area contributed by atoms with Gasteiger partial charge in [-0.1, -0.05) is 48.5 Å². The monoisotopic (exact) mass is 514 g/mol. The third-order valence-electron chi connectivity index (χ3n) is 7.40. The second-order valence-corrected chi connectivity index (χ2v) is 9.85. The number of carbonyl (C=O) groups excluding carboxylic acids is 2. The van der Waals surface area contributed by atoms with Gasteiger partial charge in [0.15, 0.2) is 6.29 Å². The van der Waals surface area contributed by atoms with Gasteiger partial charge < -0.3 is 19.3 Å². The predicted octanol–water partition coefficient (Wildman–Crippen LogP) is 3.86. The van der Waals surface area contributed by atoms with Gasteiger partial charge in [0.05, 0.1) is 48.8 Å². The molecule has 3 atom stereocenters. The van der Waals surface area contributed by atoms with Crippen LogP contribution in [0, 0.1) is 0 Å². The first-order valence-electron chi connectivity index (χ1n) is 13.0. The lowest BCUT2D eigenvalue weighted by atomic mass is 9.99. The van der Waals surface area contributed by atoms with E-state index in [4.69, 9.17) is 14.2 Å². The molecule has 3 heterocycles. The molecule has 0 radical (unpaired) electrons. The molecule has 0 aliphatic carbocycles. The van der Waals surface area contributed by atoms with Gasteiger partial charge in [0.2, 0.25) is 0 Å². The van der Waals surface area contributed by atoms with Crippen molar-refractivity contribution in [2.24, 2.45) is 0 Å². The first-order valence-corrected chi connectivity index (χ1v) is 13.0. The van der Waals surface area contributed by atoms with Gasteiger partial charge in [0.1, 0.15) is 0 Å². The number of benzene rings is 3. The molecule has 6 rings (SSSR count). The standard InChI is InChI=1S/C30H30N2O6/c33-19-20-5-7-21(8-6-20)27-17-24(18-31-13-15-36-16-14-31)37-30(38-27)22-9-11-23(12-10-22)32-28(34)25-3-1-2-4-26(25)29(32)35/h1-12,24,27,30,33H,13-19H2/t24-,27+,30+/m1/s1. The van der Waals surface area contributed by atoms with Crippen LogP contribution in [0.5, 0.6) is 0 Å². The summed E-state index contributed by atoms with van der Waals surface area (Å²) in [4.78, 5) is 29.4. The molecule has 3 aromatic rings. The highest BCUT2D eigenvalue weighted by atomic mass is 16.7. The van der Waals surface area contributed by atoms with Gasteiger partial charge in [0.25, 0.3) is 11.8 Å². The summed E-state index contributed by atoms with van der Waals surface area (Å²) in [6.07, 6.45) is -0.123. The number of anilines is 1. The SMILES string of the molecule is O=C1c2ccccc2C(=O)N1c1ccc([C@H]2O[C@@H](CN3CCOCC3)C[C@@H](c3ccc(CO)cc3)O2)cc1. The van der Waals surface area contributed by atoms with Gasteiger partial charge in [-0.2, -0.15) is 0 Å². The predicted molar refractivity (Wildman–Crippen MR) is 140 cm³/mol.